The van der Waals surface area contributed by atoms with Crippen LogP contribution in [-0.4, -0.2) is 0 Å². The van der Waals surface area contributed by atoms with Crippen LogP contribution in [0.3, 0.4) is 0 Å². The molecule has 1 aromatic carbocycles. The zero-order chi connectivity index (χ0) is 24.6. The predicted molar refractivity (Wildman–Crippen MR) is 83.8 cm³/mol. The first kappa shape index (κ1) is 70.0. The Hall–Kier alpha value is -1.30. The molecule has 31 heavy (non-hydrogen) atoms. The van der Waals surface area contributed by atoms with E-state index >= 15 is 0 Å². The molecule has 7 radical (unpaired) electrons. The summed E-state index contributed by atoms with van der Waals surface area (Å²) >= 11 is 0. The maximum absolute atomic E-state index is 7.50. The Morgan fingerprint density at radius 1 is 0.452 bits per heavy atom. The van der Waals surface area contributed by atoms with Gasteiger partial charge < -0.3 is 0 Å². The largest absolute Gasteiger partial charge is 0.199 e. The van der Waals surface area contributed by atoms with Gasteiger partial charge in [-0.25, -0.2) is 0 Å². The first-order valence-corrected chi connectivity index (χ1v) is 5.56. The van der Waals surface area contributed by atoms with Gasteiger partial charge in [-0.3, -0.25) is 0 Å². The molecule has 2 rings (SSSR count). The molecule has 0 saturated heterocycles. The summed E-state index contributed by atoms with van der Waals surface area (Å²) in [6, 6.07) is 9.87. The Labute approximate surface area is 218 Å². The molecule has 1 fully saturated rings. The summed E-state index contributed by atoms with van der Waals surface area (Å²) in [6.45, 7) is 39.7. The fourth-order valence-corrected chi connectivity index (χ4v) is 0.799. The SMILES string of the molecule is [C-]#[O+].[C-]#[O+].[C-]#[O+].[C-]#[O+].[C-]#[O+].[C-]#[O+].[C-]#[O+].[C-]#[O+].[CH2-]c1ccccc1.[CH]1[CH][CH][CH][CH]1.[Co].[Fe].[Re]. The van der Waals surface area contributed by atoms with Crippen LogP contribution < -0.4 is 0 Å². The van der Waals surface area contributed by atoms with E-state index in [4.69, 9.17) is 37.2 Å². The first-order chi connectivity index (χ1) is 13.9. The van der Waals surface area contributed by atoms with Crippen LogP contribution in [0.5, 0.6) is 0 Å². The third kappa shape index (κ3) is 149. The van der Waals surface area contributed by atoms with Gasteiger partial charge in [-0.1, -0.05) is 6.07 Å². The molecule has 1 aromatic rings. The molecule has 0 bridgehead atoms. The molecule has 8 nitrogen and oxygen atoms in total. The summed E-state index contributed by atoms with van der Waals surface area (Å²) in [6.07, 6.45) is 10.0. The molecule has 0 unspecified atom stereocenters. The fourth-order valence-electron chi connectivity index (χ4n) is 0.799. The summed E-state index contributed by atoms with van der Waals surface area (Å²) < 4.78 is 60.0. The standard InChI is InChI=1S/C7H7.C5H5.8CO.Co.Fe.Re/c1-7-5-3-2-4-6-7;1-2-4-5-3-1;8*1-2;;;/h2-6H,1H2;1-5H;;;;;;;;;;;/q-1;;;;;;;;;;;;. The van der Waals surface area contributed by atoms with E-state index in [1.807, 2.05) is 62.4 Å². The van der Waals surface area contributed by atoms with Crippen molar-refractivity contribution >= 4 is 0 Å². The van der Waals surface area contributed by atoms with E-state index in [0.29, 0.717) is 0 Å². The second-order valence-corrected chi connectivity index (χ2v) is 2.45. The maximum Gasteiger partial charge on any atom is 0 e. The average Bonchev–Trinajstić information content (AvgIpc) is 3.45. The van der Waals surface area contributed by atoms with E-state index in [9.17, 15) is 0 Å². The van der Waals surface area contributed by atoms with E-state index in [0.717, 1.165) is 5.56 Å². The fraction of sp³-hybridized carbons (Fsp3) is 0. The van der Waals surface area contributed by atoms with Crippen LogP contribution in [-0.2, 0) is 91.5 Å². The van der Waals surface area contributed by atoms with Crippen molar-refractivity contribution in [3.8, 4) is 0 Å². The summed E-state index contributed by atoms with van der Waals surface area (Å²) in [5, 5.41) is 0. The normalized spacial score (nSPS) is 6.32. The Morgan fingerprint density at radius 3 is 0.710 bits per heavy atom. The molecule has 11 heteroatoms. The van der Waals surface area contributed by atoms with Crippen LogP contribution >= 0.6 is 0 Å². The molecule has 0 aliphatic heterocycles. The average molecular weight is 681 g/mol. The maximum atomic E-state index is 7.50. The number of hydrogen-bond acceptors (Lipinski definition) is 0. The smallest absolute Gasteiger partial charge is 0 e. The molecule has 165 valence electrons. The Bertz CT molecular complexity index is 426. The van der Waals surface area contributed by atoms with E-state index in [1.54, 1.807) is 0 Å². The molecule has 1 aliphatic carbocycles. The minimum absolute atomic E-state index is 0. The van der Waals surface area contributed by atoms with Crippen molar-refractivity contribution in [2.75, 3.05) is 0 Å². The van der Waals surface area contributed by atoms with Crippen molar-refractivity contribution < 1.29 is 91.5 Å². The monoisotopic (exact) mass is 682 g/mol. The van der Waals surface area contributed by atoms with Gasteiger partial charge in [-0.2, -0.15) is 24.6 Å². The second kappa shape index (κ2) is 161. The van der Waals surface area contributed by atoms with E-state index in [-0.39, 0.29) is 54.3 Å². The number of hydrogen-bond donors (Lipinski definition) is 0. The Kier molecular flexibility index (Phi) is 363. The second-order valence-electron chi connectivity index (χ2n) is 2.45. The molecule has 0 N–H and O–H groups in total. The molecule has 0 heterocycles. The van der Waals surface area contributed by atoms with Gasteiger partial charge in [0.15, 0.2) is 0 Å². The number of rotatable bonds is 0. The van der Waals surface area contributed by atoms with Crippen LogP contribution in [0.2, 0.25) is 0 Å². The third-order valence-electron chi connectivity index (χ3n) is 1.40. The topological polar surface area (TPSA) is 159 Å². The Balaban J connectivity index is -0.0000000169. The predicted octanol–water partition coefficient (Wildman–Crippen LogP) is 2.58. The van der Waals surface area contributed by atoms with E-state index in [1.165, 1.54) is 0 Å². The van der Waals surface area contributed by atoms with Crippen LogP contribution in [0.15, 0.2) is 30.3 Å². The summed E-state index contributed by atoms with van der Waals surface area (Å²) in [5.74, 6) is 0. The van der Waals surface area contributed by atoms with Gasteiger partial charge in [-0.05, 0) is 32.1 Å². The van der Waals surface area contributed by atoms with Gasteiger partial charge in [0, 0.05) is 54.3 Å². The molecular weight excluding hydrogens is 669 g/mol. The molecule has 0 aromatic heterocycles. The van der Waals surface area contributed by atoms with Crippen molar-refractivity contribution in [1.29, 1.82) is 0 Å². The van der Waals surface area contributed by atoms with Crippen LogP contribution in [0.4, 0.5) is 0 Å². The van der Waals surface area contributed by atoms with E-state index < -0.39 is 0 Å². The van der Waals surface area contributed by atoms with Crippen molar-refractivity contribution in [3.05, 3.63) is 128 Å². The third-order valence-corrected chi connectivity index (χ3v) is 1.40. The van der Waals surface area contributed by atoms with Gasteiger partial charge in [0.25, 0.3) is 0 Å². The molecule has 1 saturated carbocycles. The van der Waals surface area contributed by atoms with Crippen molar-refractivity contribution in [3.63, 3.8) is 0 Å². The van der Waals surface area contributed by atoms with Crippen LogP contribution in [0.25, 0.3) is 0 Å². The molecular formula is C20H12CoFeO8Re-. The first-order valence-electron chi connectivity index (χ1n) is 5.56. The number of benzene rings is 1. The van der Waals surface area contributed by atoms with Crippen LogP contribution in [0, 0.1) is 92.2 Å². The van der Waals surface area contributed by atoms with Gasteiger partial charge in [0.05, 0.1) is 0 Å². The quantitative estimate of drug-likeness (QED) is 0.224. The van der Waals surface area contributed by atoms with E-state index in [2.05, 4.69) is 60.1 Å². The zero-order valence-corrected chi connectivity index (χ0v) is 20.2. The molecule has 0 atom stereocenters. The van der Waals surface area contributed by atoms with Gasteiger partial charge >= 0.3 is 90.4 Å². The van der Waals surface area contributed by atoms with Gasteiger partial charge in [0.1, 0.15) is 0 Å². The zero-order valence-electron chi connectivity index (χ0n) is 15.3. The van der Waals surface area contributed by atoms with Gasteiger partial charge in [-0.15, -0.1) is 12.1 Å². The van der Waals surface area contributed by atoms with Crippen LogP contribution in [0.1, 0.15) is 5.56 Å². The van der Waals surface area contributed by atoms with Crippen molar-refractivity contribution in [2.45, 2.75) is 0 Å². The van der Waals surface area contributed by atoms with Crippen molar-refractivity contribution in [1.82, 2.24) is 0 Å². The Morgan fingerprint density at radius 2 is 0.613 bits per heavy atom. The summed E-state index contributed by atoms with van der Waals surface area (Å²) in [7, 11) is 0. The molecule has 0 spiro atoms. The minimum Gasteiger partial charge on any atom is -0.199 e. The van der Waals surface area contributed by atoms with Crippen molar-refractivity contribution in [2.24, 2.45) is 0 Å². The van der Waals surface area contributed by atoms with Gasteiger partial charge in [0.2, 0.25) is 0 Å². The minimum atomic E-state index is 0. The molecule has 1 aliphatic rings. The molecule has 0 amide bonds. The summed E-state index contributed by atoms with van der Waals surface area (Å²) in [5.41, 5.74) is 1.07. The summed E-state index contributed by atoms with van der Waals surface area (Å²) in [4.78, 5) is 0.